The molecule has 1 aliphatic rings. The molecular formula is C13H16ClNO2. The van der Waals surface area contributed by atoms with Gasteiger partial charge in [0.15, 0.2) is 0 Å². The van der Waals surface area contributed by atoms with Crippen molar-refractivity contribution in [3.05, 3.63) is 28.8 Å². The van der Waals surface area contributed by atoms with Gasteiger partial charge in [0.2, 0.25) is 0 Å². The highest BCUT2D eigenvalue weighted by molar-refractivity contribution is 6.33. The molecule has 0 amide bonds. The molecule has 0 bridgehead atoms. The van der Waals surface area contributed by atoms with Gasteiger partial charge in [0.05, 0.1) is 16.3 Å². The van der Waals surface area contributed by atoms with Crippen LogP contribution in [0.25, 0.3) is 0 Å². The average molecular weight is 254 g/mol. The van der Waals surface area contributed by atoms with Crippen LogP contribution in [0.15, 0.2) is 18.2 Å². The number of anilines is 1. The van der Waals surface area contributed by atoms with Crippen LogP contribution in [0.5, 0.6) is 0 Å². The Kier molecular flexibility index (Phi) is 3.57. The molecule has 1 aromatic carbocycles. The summed E-state index contributed by atoms with van der Waals surface area (Å²) in [5, 5.41) is 12.7. The summed E-state index contributed by atoms with van der Waals surface area (Å²) in [4.78, 5) is 10.8. The topological polar surface area (TPSA) is 49.3 Å². The maximum atomic E-state index is 10.8. The van der Waals surface area contributed by atoms with Crippen LogP contribution in [0.1, 0.15) is 36.5 Å². The lowest BCUT2D eigenvalue weighted by molar-refractivity contribution is 0.0697. The van der Waals surface area contributed by atoms with Crippen molar-refractivity contribution in [1.29, 1.82) is 0 Å². The summed E-state index contributed by atoms with van der Waals surface area (Å²) in [5.41, 5.74) is 1.05. The van der Waals surface area contributed by atoms with Crippen LogP contribution in [0.3, 0.4) is 0 Å². The number of carboxylic acid groups (broad SMARTS) is 1. The molecule has 3 nitrogen and oxygen atoms in total. The smallest absolute Gasteiger partial charge is 0.335 e. The van der Waals surface area contributed by atoms with Crippen LogP contribution < -0.4 is 5.32 Å². The van der Waals surface area contributed by atoms with Crippen molar-refractivity contribution < 1.29 is 9.90 Å². The fourth-order valence-corrected chi connectivity index (χ4v) is 2.56. The standard InChI is InChI=1S/C13H16ClNO2/c1-8-3-2-4-11(8)15-12-6-5-9(13(16)17)7-10(12)14/h5-8,11,15H,2-4H2,1H3,(H,16,17). The van der Waals surface area contributed by atoms with Crippen LogP contribution >= 0.6 is 11.6 Å². The largest absolute Gasteiger partial charge is 0.478 e. The molecule has 2 atom stereocenters. The minimum absolute atomic E-state index is 0.222. The van der Waals surface area contributed by atoms with E-state index in [9.17, 15) is 4.79 Å². The Morgan fingerprint density at radius 3 is 2.76 bits per heavy atom. The Labute approximate surface area is 106 Å². The number of nitrogens with one attached hydrogen (secondary N) is 1. The van der Waals surface area contributed by atoms with Gasteiger partial charge in [-0.3, -0.25) is 0 Å². The van der Waals surface area contributed by atoms with Crippen molar-refractivity contribution in [2.45, 2.75) is 32.2 Å². The van der Waals surface area contributed by atoms with Gasteiger partial charge in [-0.05, 0) is 37.0 Å². The molecule has 1 saturated carbocycles. The third-order valence-corrected chi connectivity index (χ3v) is 3.73. The Hall–Kier alpha value is -1.22. The molecular weight excluding hydrogens is 238 g/mol. The SMILES string of the molecule is CC1CCCC1Nc1ccc(C(=O)O)cc1Cl. The molecule has 1 aliphatic carbocycles. The Balaban J connectivity index is 2.14. The van der Waals surface area contributed by atoms with Crippen LogP contribution in [0.2, 0.25) is 5.02 Å². The number of hydrogen-bond donors (Lipinski definition) is 2. The average Bonchev–Trinajstić information content (AvgIpc) is 2.67. The summed E-state index contributed by atoms with van der Waals surface area (Å²) >= 11 is 6.07. The fourth-order valence-electron chi connectivity index (χ4n) is 2.32. The number of halogens is 1. The summed E-state index contributed by atoms with van der Waals surface area (Å²) in [6, 6.07) is 5.27. The molecule has 2 N–H and O–H groups in total. The monoisotopic (exact) mass is 253 g/mol. The number of hydrogen-bond acceptors (Lipinski definition) is 2. The number of carboxylic acids is 1. The highest BCUT2D eigenvalue weighted by Crippen LogP contribution is 2.31. The van der Waals surface area contributed by atoms with Crippen molar-refractivity contribution in [1.82, 2.24) is 0 Å². The summed E-state index contributed by atoms with van der Waals surface area (Å²) in [6.07, 6.45) is 3.63. The molecule has 17 heavy (non-hydrogen) atoms. The van der Waals surface area contributed by atoms with Crippen LogP contribution in [-0.2, 0) is 0 Å². The summed E-state index contributed by atoms with van der Waals surface area (Å²) in [7, 11) is 0. The molecule has 92 valence electrons. The summed E-state index contributed by atoms with van der Waals surface area (Å²) in [6.45, 7) is 2.23. The van der Waals surface area contributed by atoms with Gasteiger partial charge in [0.25, 0.3) is 0 Å². The molecule has 1 fully saturated rings. The molecule has 0 spiro atoms. The third-order valence-electron chi connectivity index (χ3n) is 3.42. The third kappa shape index (κ3) is 2.72. The fraction of sp³-hybridized carbons (Fsp3) is 0.462. The first-order chi connectivity index (χ1) is 8.08. The van der Waals surface area contributed by atoms with E-state index in [0.717, 1.165) is 12.1 Å². The zero-order valence-corrected chi connectivity index (χ0v) is 10.5. The van der Waals surface area contributed by atoms with Crippen molar-refractivity contribution in [2.75, 3.05) is 5.32 Å². The first-order valence-electron chi connectivity index (χ1n) is 5.87. The molecule has 0 radical (unpaired) electrons. The van der Waals surface area contributed by atoms with Crippen molar-refractivity contribution >= 4 is 23.3 Å². The van der Waals surface area contributed by atoms with Crippen molar-refractivity contribution in [2.24, 2.45) is 5.92 Å². The van der Waals surface area contributed by atoms with Crippen LogP contribution in [-0.4, -0.2) is 17.1 Å². The molecule has 0 aliphatic heterocycles. The van der Waals surface area contributed by atoms with Crippen LogP contribution in [0, 0.1) is 5.92 Å². The second-order valence-electron chi connectivity index (χ2n) is 4.66. The number of benzene rings is 1. The maximum Gasteiger partial charge on any atom is 0.335 e. The summed E-state index contributed by atoms with van der Waals surface area (Å²) in [5.74, 6) is -0.307. The minimum Gasteiger partial charge on any atom is -0.478 e. The van der Waals surface area contributed by atoms with Gasteiger partial charge in [-0.1, -0.05) is 24.9 Å². The lowest BCUT2D eigenvalue weighted by atomic mass is 10.1. The second kappa shape index (κ2) is 4.96. The molecule has 2 rings (SSSR count). The highest BCUT2D eigenvalue weighted by atomic mass is 35.5. The zero-order chi connectivity index (χ0) is 12.4. The molecule has 0 aromatic heterocycles. The van der Waals surface area contributed by atoms with E-state index in [2.05, 4.69) is 12.2 Å². The predicted molar refractivity (Wildman–Crippen MR) is 68.8 cm³/mol. The van der Waals surface area contributed by atoms with E-state index in [1.54, 1.807) is 12.1 Å². The van der Waals surface area contributed by atoms with Crippen molar-refractivity contribution in [3.8, 4) is 0 Å². The summed E-state index contributed by atoms with van der Waals surface area (Å²) < 4.78 is 0. The van der Waals surface area contributed by atoms with Crippen molar-refractivity contribution in [3.63, 3.8) is 0 Å². The van der Waals surface area contributed by atoms with Crippen LogP contribution in [0.4, 0.5) is 5.69 Å². The quantitative estimate of drug-likeness (QED) is 0.865. The van der Waals surface area contributed by atoms with E-state index in [-0.39, 0.29) is 5.56 Å². The van der Waals surface area contributed by atoms with Gasteiger partial charge in [-0.15, -0.1) is 0 Å². The maximum absolute atomic E-state index is 10.8. The zero-order valence-electron chi connectivity index (χ0n) is 9.74. The molecule has 1 aromatic rings. The molecule has 4 heteroatoms. The highest BCUT2D eigenvalue weighted by Gasteiger charge is 2.23. The molecule has 0 saturated heterocycles. The Bertz CT molecular complexity index is 433. The number of rotatable bonds is 3. The van der Waals surface area contributed by atoms with Gasteiger partial charge in [-0.2, -0.15) is 0 Å². The Morgan fingerprint density at radius 1 is 1.47 bits per heavy atom. The van der Waals surface area contributed by atoms with Gasteiger partial charge in [0.1, 0.15) is 0 Å². The predicted octanol–water partition coefficient (Wildman–Crippen LogP) is 3.64. The van der Waals surface area contributed by atoms with E-state index in [4.69, 9.17) is 16.7 Å². The lowest BCUT2D eigenvalue weighted by Crippen LogP contribution is -2.21. The second-order valence-corrected chi connectivity index (χ2v) is 5.07. The molecule has 2 unspecified atom stereocenters. The van der Waals surface area contributed by atoms with Gasteiger partial charge < -0.3 is 10.4 Å². The van der Waals surface area contributed by atoms with Gasteiger partial charge >= 0.3 is 5.97 Å². The van der Waals surface area contributed by atoms with E-state index in [1.807, 2.05) is 0 Å². The van der Waals surface area contributed by atoms with E-state index in [1.165, 1.54) is 18.9 Å². The van der Waals surface area contributed by atoms with E-state index in [0.29, 0.717) is 17.0 Å². The van der Waals surface area contributed by atoms with E-state index >= 15 is 0 Å². The first kappa shape index (κ1) is 12.2. The number of carbonyl (C=O) groups is 1. The van der Waals surface area contributed by atoms with E-state index < -0.39 is 5.97 Å². The minimum atomic E-state index is -0.951. The van der Waals surface area contributed by atoms with Gasteiger partial charge in [-0.25, -0.2) is 4.79 Å². The lowest BCUT2D eigenvalue weighted by Gasteiger charge is -2.19. The first-order valence-corrected chi connectivity index (χ1v) is 6.25. The molecule has 0 heterocycles. The Morgan fingerprint density at radius 2 is 2.24 bits per heavy atom. The normalized spacial score (nSPS) is 23.6. The van der Waals surface area contributed by atoms with Gasteiger partial charge in [0, 0.05) is 6.04 Å². The number of aromatic carboxylic acids is 1.